The summed E-state index contributed by atoms with van der Waals surface area (Å²) in [6, 6.07) is 13.2. The minimum Gasteiger partial charge on any atom is -0.341 e. The van der Waals surface area contributed by atoms with Gasteiger partial charge in [0, 0.05) is 10.0 Å². The van der Waals surface area contributed by atoms with Crippen molar-refractivity contribution in [3.05, 3.63) is 80.8 Å². The topological polar surface area (TPSA) is 58.2 Å². The fourth-order valence-corrected chi connectivity index (χ4v) is 3.75. The Morgan fingerprint density at radius 2 is 1.04 bits per heavy atom. The molecular weight excluding hydrogens is 347 g/mol. The summed E-state index contributed by atoms with van der Waals surface area (Å²) < 4.78 is 0. The number of carbonyl (C=O) groups excluding carboxylic acids is 2. The van der Waals surface area contributed by atoms with Crippen molar-refractivity contribution in [1.29, 1.82) is 0 Å². The van der Waals surface area contributed by atoms with E-state index in [0.717, 1.165) is 0 Å². The second-order valence-electron chi connectivity index (χ2n) is 5.68. The zero-order valence-corrected chi connectivity index (χ0v) is 13.9. The molecule has 0 fully saturated rings. The van der Waals surface area contributed by atoms with Crippen LogP contribution in [0.1, 0.15) is 23.2 Å². The Kier molecular flexibility index (Phi) is 3.59. The lowest BCUT2D eigenvalue weighted by Crippen LogP contribution is -2.33. The molecule has 2 unspecified atom stereocenters. The molecule has 2 aromatic rings. The van der Waals surface area contributed by atoms with E-state index in [-0.39, 0.29) is 11.8 Å². The van der Waals surface area contributed by atoms with Crippen LogP contribution in [0.15, 0.2) is 59.7 Å². The fraction of sp³-hybridized carbons (Fsp3) is 0.111. The number of hydrogen-bond donors (Lipinski definition) is 2. The van der Waals surface area contributed by atoms with E-state index in [1.54, 1.807) is 36.4 Å². The van der Waals surface area contributed by atoms with Crippen LogP contribution >= 0.6 is 23.2 Å². The summed E-state index contributed by atoms with van der Waals surface area (Å²) >= 11 is 12.5. The molecule has 2 heterocycles. The highest BCUT2D eigenvalue weighted by Gasteiger charge is 2.46. The van der Waals surface area contributed by atoms with Gasteiger partial charge in [-0.2, -0.15) is 0 Å². The number of amides is 2. The number of halogens is 2. The van der Waals surface area contributed by atoms with Crippen molar-refractivity contribution < 1.29 is 9.59 Å². The molecular formula is C18H12Cl2N2O2. The molecule has 2 amide bonds. The zero-order valence-electron chi connectivity index (χ0n) is 12.3. The van der Waals surface area contributed by atoms with Crippen LogP contribution in [0.3, 0.4) is 0 Å². The second kappa shape index (κ2) is 5.65. The highest BCUT2D eigenvalue weighted by atomic mass is 35.5. The number of carbonyl (C=O) groups is 2. The minimum atomic E-state index is -0.548. The van der Waals surface area contributed by atoms with Crippen LogP contribution in [0, 0.1) is 0 Å². The maximum Gasteiger partial charge on any atom is 0.250 e. The predicted molar refractivity (Wildman–Crippen MR) is 91.7 cm³/mol. The average molecular weight is 359 g/mol. The van der Waals surface area contributed by atoms with E-state index in [2.05, 4.69) is 10.6 Å². The average Bonchev–Trinajstić information content (AvgIpc) is 3.08. The van der Waals surface area contributed by atoms with Crippen molar-refractivity contribution in [1.82, 2.24) is 10.6 Å². The number of rotatable bonds is 2. The first-order valence-corrected chi connectivity index (χ1v) is 8.18. The lowest BCUT2D eigenvalue weighted by atomic mass is 9.95. The number of nitrogens with one attached hydrogen (secondary N) is 2. The largest absolute Gasteiger partial charge is 0.341 e. The summed E-state index contributed by atoms with van der Waals surface area (Å²) in [5, 5.41) is 6.73. The molecule has 2 aliphatic rings. The summed E-state index contributed by atoms with van der Waals surface area (Å²) in [5.74, 6) is -0.559. The van der Waals surface area contributed by atoms with E-state index in [9.17, 15) is 9.59 Å². The SMILES string of the molecule is O=C1NC(c2ccccc2Cl)C2=C1C(c1ccccc1Cl)NC2=O. The second-order valence-corrected chi connectivity index (χ2v) is 6.50. The number of hydrogen-bond acceptors (Lipinski definition) is 2. The Morgan fingerprint density at radius 1 is 0.667 bits per heavy atom. The van der Waals surface area contributed by atoms with Crippen LogP contribution in [0.25, 0.3) is 0 Å². The van der Waals surface area contributed by atoms with Gasteiger partial charge in [-0.05, 0) is 23.3 Å². The molecule has 0 aliphatic carbocycles. The summed E-state index contributed by atoms with van der Waals surface area (Å²) in [5.41, 5.74) is 2.23. The fourth-order valence-electron chi connectivity index (χ4n) is 3.26. The van der Waals surface area contributed by atoms with Crippen LogP contribution in [0.4, 0.5) is 0 Å². The third-order valence-electron chi connectivity index (χ3n) is 4.34. The van der Waals surface area contributed by atoms with Crippen molar-refractivity contribution in [3.63, 3.8) is 0 Å². The monoisotopic (exact) mass is 358 g/mol. The molecule has 2 aromatic carbocycles. The van der Waals surface area contributed by atoms with Crippen LogP contribution in [0.5, 0.6) is 0 Å². The molecule has 6 heteroatoms. The van der Waals surface area contributed by atoms with Gasteiger partial charge in [-0.3, -0.25) is 9.59 Å². The van der Waals surface area contributed by atoms with E-state index in [1.807, 2.05) is 12.1 Å². The van der Waals surface area contributed by atoms with Gasteiger partial charge >= 0.3 is 0 Å². The number of benzene rings is 2. The molecule has 24 heavy (non-hydrogen) atoms. The van der Waals surface area contributed by atoms with Crippen molar-refractivity contribution in [3.8, 4) is 0 Å². The van der Waals surface area contributed by atoms with Crippen LogP contribution < -0.4 is 10.6 Å². The van der Waals surface area contributed by atoms with Gasteiger partial charge in [-0.1, -0.05) is 59.6 Å². The first kappa shape index (κ1) is 15.2. The Labute approximate surface area is 148 Å². The van der Waals surface area contributed by atoms with Gasteiger partial charge in [0.25, 0.3) is 11.8 Å². The molecule has 2 atom stereocenters. The van der Waals surface area contributed by atoms with Crippen LogP contribution in [-0.2, 0) is 9.59 Å². The van der Waals surface area contributed by atoms with Crippen molar-refractivity contribution in [2.24, 2.45) is 0 Å². The lowest BCUT2D eigenvalue weighted by molar-refractivity contribution is -0.118. The Balaban J connectivity index is 1.84. The summed E-state index contributed by atoms with van der Waals surface area (Å²) in [6.45, 7) is 0. The third kappa shape index (κ3) is 2.22. The zero-order chi connectivity index (χ0) is 16.8. The highest BCUT2D eigenvalue weighted by molar-refractivity contribution is 6.32. The molecule has 0 spiro atoms. The molecule has 2 N–H and O–H groups in total. The molecule has 0 aromatic heterocycles. The van der Waals surface area contributed by atoms with E-state index in [0.29, 0.717) is 32.3 Å². The van der Waals surface area contributed by atoms with Gasteiger partial charge < -0.3 is 10.6 Å². The lowest BCUT2D eigenvalue weighted by Gasteiger charge is -2.18. The maximum atomic E-state index is 12.5. The van der Waals surface area contributed by atoms with Crippen molar-refractivity contribution in [2.45, 2.75) is 12.1 Å². The normalized spacial score (nSPS) is 22.4. The molecule has 4 rings (SSSR count). The smallest absolute Gasteiger partial charge is 0.250 e. The predicted octanol–water partition coefficient (Wildman–Crippen LogP) is 3.33. The van der Waals surface area contributed by atoms with E-state index < -0.39 is 12.1 Å². The maximum absolute atomic E-state index is 12.5. The molecule has 0 saturated carbocycles. The molecule has 0 radical (unpaired) electrons. The Morgan fingerprint density at radius 3 is 1.42 bits per heavy atom. The summed E-state index contributed by atoms with van der Waals surface area (Å²) in [4.78, 5) is 25.1. The molecule has 0 saturated heterocycles. The van der Waals surface area contributed by atoms with Crippen LogP contribution in [-0.4, -0.2) is 11.8 Å². The Hall–Kier alpha value is -2.30. The molecule has 0 bridgehead atoms. The quantitative estimate of drug-likeness (QED) is 0.864. The summed E-state index contributed by atoms with van der Waals surface area (Å²) in [6.07, 6.45) is 0. The minimum absolute atomic E-state index is 0.279. The van der Waals surface area contributed by atoms with Crippen molar-refractivity contribution >= 4 is 35.0 Å². The van der Waals surface area contributed by atoms with Gasteiger partial charge in [-0.15, -0.1) is 0 Å². The molecule has 120 valence electrons. The van der Waals surface area contributed by atoms with Gasteiger partial charge in [0.2, 0.25) is 0 Å². The molecule has 4 nitrogen and oxygen atoms in total. The third-order valence-corrected chi connectivity index (χ3v) is 5.03. The van der Waals surface area contributed by atoms with Gasteiger partial charge in [-0.25, -0.2) is 0 Å². The first-order valence-electron chi connectivity index (χ1n) is 7.42. The first-order chi connectivity index (χ1) is 11.6. The van der Waals surface area contributed by atoms with Gasteiger partial charge in [0.05, 0.1) is 23.2 Å². The van der Waals surface area contributed by atoms with Gasteiger partial charge in [0.15, 0.2) is 0 Å². The summed E-state index contributed by atoms with van der Waals surface area (Å²) in [7, 11) is 0. The van der Waals surface area contributed by atoms with Crippen LogP contribution in [0.2, 0.25) is 10.0 Å². The standard InChI is InChI=1S/C18H12Cl2N2O2/c19-11-7-3-1-5-9(11)15-13-14(18(24)21-15)16(22-17(13)23)10-6-2-4-8-12(10)20/h1-8,15-16H,(H,21,24)(H,22,23). The Bertz CT molecular complexity index is 834. The van der Waals surface area contributed by atoms with Crippen molar-refractivity contribution in [2.75, 3.05) is 0 Å². The van der Waals surface area contributed by atoms with E-state index in [1.165, 1.54) is 0 Å². The van der Waals surface area contributed by atoms with E-state index >= 15 is 0 Å². The highest BCUT2D eigenvalue weighted by Crippen LogP contribution is 2.43. The molecule has 2 aliphatic heterocycles. The van der Waals surface area contributed by atoms with Gasteiger partial charge in [0.1, 0.15) is 0 Å². The van der Waals surface area contributed by atoms with E-state index in [4.69, 9.17) is 23.2 Å².